The second-order valence-corrected chi connectivity index (χ2v) is 8.98. The summed E-state index contributed by atoms with van der Waals surface area (Å²) in [6.07, 6.45) is 1.52. The predicted molar refractivity (Wildman–Crippen MR) is 113 cm³/mol. The summed E-state index contributed by atoms with van der Waals surface area (Å²) in [4.78, 5) is 9.77. The summed E-state index contributed by atoms with van der Waals surface area (Å²) in [5.41, 5.74) is 5.32. The molecule has 2 heterocycles. The van der Waals surface area contributed by atoms with Crippen molar-refractivity contribution < 1.29 is 8.42 Å². The highest BCUT2D eigenvalue weighted by atomic mass is 32.2. The highest BCUT2D eigenvalue weighted by molar-refractivity contribution is 7.89. The number of benzene rings is 2. The fourth-order valence-corrected chi connectivity index (χ4v) is 4.57. The molecule has 0 aliphatic rings. The highest BCUT2D eigenvalue weighted by Crippen LogP contribution is 2.38. The Morgan fingerprint density at radius 2 is 1.75 bits per heavy atom. The van der Waals surface area contributed by atoms with Crippen LogP contribution in [0.4, 0.5) is 11.5 Å². The molecule has 8 heteroatoms. The first-order chi connectivity index (χ1) is 13.3. The Hall–Kier alpha value is -2.81. The van der Waals surface area contributed by atoms with E-state index in [1.807, 2.05) is 0 Å². The number of rotatable bonds is 4. The second kappa shape index (κ2) is 6.97. The third-order valence-electron chi connectivity index (χ3n) is 4.49. The van der Waals surface area contributed by atoms with Gasteiger partial charge in [-0.3, -0.25) is 0 Å². The Kier molecular flexibility index (Phi) is 4.62. The summed E-state index contributed by atoms with van der Waals surface area (Å²) in [6.45, 7) is 4.17. The number of nitrogens with zero attached hydrogens (tertiary/aromatic N) is 2. The Morgan fingerprint density at radius 1 is 1.00 bits per heavy atom. The zero-order chi connectivity index (χ0) is 19.9. The number of fused-ring (bicyclic) bond motifs is 1. The minimum absolute atomic E-state index is 0.0670. The average Bonchev–Trinajstić information content (AvgIpc) is 3.06. The number of anilines is 2. The molecule has 142 valence electrons. The smallest absolute Gasteiger partial charge is 0.238 e. The van der Waals surface area contributed by atoms with E-state index >= 15 is 0 Å². The molecule has 0 saturated heterocycles. The predicted octanol–water partition coefficient (Wildman–Crippen LogP) is 4.37. The van der Waals surface area contributed by atoms with Crippen LogP contribution in [0.5, 0.6) is 0 Å². The third kappa shape index (κ3) is 3.49. The van der Waals surface area contributed by atoms with Gasteiger partial charge in [-0.1, -0.05) is 23.8 Å². The van der Waals surface area contributed by atoms with Crippen LogP contribution in [0.15, 0.2) is 59.1 Å². The number of aryl methyl sites for hydroxylation is 2. The van der Waals surface area contributed by atoms with Gasteiger partial charge in [0, 0.05) is 16.6 Å². The van der Waals surface area contributed by atoms with Crippen LogP contribution in [0.1, 0.15) is 11.1 Å². The van der Waals surface area contributed by atoms with Gasteiger partial charge in [-0.05, 0) is 49.2 Å². The molecule has 2 aromatic carbocycles. The lowest BCUT2D eigenvalue weighted by molar-refractivity contribution is 0.598. The van der Waals surface area contributed by atoms with Crippen molar-refractivity contribution in [2.24, 2.45) is 5.14 Å². The lowest BCUT2D eigenvalue weighted by atomic mass is 9.99. The van der Waals surface area contributed by atoms with Crippen LogP contribution in [0, 0.1) is 13.8 Å². The van der Waals surface area contributed by atoms with Crippen LogP contribution >= 0.6 is 11.3 Å². The Morgan fingerprint density at radius 3 is 2.43 bits per heavy atom. The van der Waals surface area contributed by atoms with Gasteiger partial charge in [0.25, 0.3) is 0 Å². The molecule has 2 aromatic heterocycles. The lowest BCUT2D eigenvalue weighted by Gasteiger charge is -2.10. The molecule has 0 aliphatic carbocycles. The number of primary sulfonamides is 1. The molecule has 0 saturated carbocycles. The molecule has 0 radical (unpaired) electrons. The van der Waals surface area contributed by atoms with Crippen molar-refractivity contribution in [3.05, 3.63) is 65.3 Å². The summed E-state index contributed by atoms with van der Waals surface area (Å²) in [5, 5.41) is 11.5. The van der Waals surface area contributed by atoms with E-state index in [4.69, 9.17) is 5.14 Å². The SMILES string of the molecule is Cc1ccc(-c2csc3ncnc(Nc4ccc(S(N)(=O)=O)cc4)c23)c(C)c1. The lowest BCUT2D eigenvalue weighted by Crippen LogP contribution is -2.11. The van der Waals surface area contributed by atoms with Crippen LogP contribution < -0.4 is 10.5 Å². The van der Waals surface area contributed by atoms with E-state index < -0.39 is 10.0 Å². The fraction of sp³-hybridized carbons (Fsp3) is 0.100. The van der Waals surface area contributed by atoms with E-state index in [-0.39, 0.29) is 4.90 Å². The van der Waals surface area contributed by atoms with E-state index in [9.17, 15) is 8.42 Å². The van der Waals surface area contributed by atoms with E-state index in [1.54, 1.807) is 23.5 Å². The first-order valence-electron chi connectivity index (χ1n) is 8.52. The molecule has 0 aliphatic heterocycles. The fourth-order valence-electron chi connectivity index (χ4n) is 3.15. The van der Waals surface area contributed by atoms with Crippen molar-refractivity contribution in [2.75, 3.05) is 5.32 Å². The van der Waals surface area contributed by atoms with Crippen LogP contribution in [0.25, 0.3) is 21.3 Å². The molecule has 3 N–H and O–H groups in total. The van der Waals surface area contributed by atoms with Gasteiger partial charge in [0.1, 0.15) is 17.0 Å². The molecule has 4 aromatic rings. The van der Waals surface area contributed by atoms with Crippen LogP contribution in [-0.2, 0) is 10.0 Å². The van der Waals surface area contributed by atoms with Crippen molar-refractivity contribution in [1.29, 1.82) is 0 Å². The minimum atomic E-state index is -3.72. The molecule has 0 unspecified atom stereocenters. The molecule has 6 nitrogen and oxygen atoms in total. The van der Waals surface area contributed by atoms with Crippen LogP contribution in [0.2, 0.25) is 0 Å². The number of aromatic nitrogens is 2. The van der Waals surface area contributed by atoms with Gasteiger partial charge >= 0.3 is 0 Å². The minimum Gasteiger partial charge on any atom is -0.340 e. The number of sulfonamides is 1. The van der Waals surface area contributed by atoms with Crippen molar-refractivity contribution in [3.63, 3.8) is 0 Å². The van der Waals surface area contributed by atoms with Crippen molar-refractivity contribution in [1.82, 2.24) is 9.97 Å². The van der Waals surface area contributed by atoms with Gasteiger partial charge in [-0.2, -0.15) is 0 Å². The summed E-state index contributed by atoms with van der Waals surface area (Å²) >= 11 is 1.57. The molecule has 0 bridgehead atoms. The zero-order valence-corrected chi connectivity index (χ0v) is 16.9. The van der Waals surface area contributed by atoms with Gasteiger partial charge in [-0.15, -0.1) is 11.3 Å². The van der Waals surface area contributed by atoms with Crippen LogP contribution in [-0.4, -0.2) is 18.4 Å². The Balaban J connectivity index is 1.79. The van der Waals surface area contributed by atoms with Crippen molar-refractivity contribution in [3.8, 4) is 11.1 Å². The molecular formula is C20H18N4O2S2. The van der Waals surface area contributed by atoms with Crippen molar-refractivity contribution >= 4 is 43.1 Å². The normalized spacial score (nSPS) is 11.7. The Labute approximate surface area is 167 Å². The molecule has 28 heavy (non-hydrogen) atoms. The summed E-state index contributed by atoms with van der Waals surface area (Å²) in [7, 11) is -3.72. The number of hydrogen-bond acceptors (Lipinski definition) is 6. The van der Waals surface area contributed by atoms with Gasteiger partial charge in [0.15, 0.2) is 0 Å². The number of nitrogens with two attached hydrogens (primary N) is 1. The van der Waals surface area contributed by atoms with Gasteiger partial charge in [0.2, 0.25) is 10.0 Å². The molecule has 0 atom stereocenters. The standard InChI is InChI=1S/C20H18N4O2S2/c1-12-3-8-16(13(2)9-12)17-10-27-20-18(17)19(22-11-23-20)24-14-4-6-15(7-5-14)28(21,25)26/h3-11H,1-2H3,(H2,21,25,26)(H,22,23,24). The monoisotopic (exact) mass is 410 g/mol. The number of nitrogens with one attached hydrogen (secondary N) is 1. The summed E-state index contributed by atoms with van der Waals surface area (Å²) in [5.74, 6) is 0.671. The van der Waals surface area contributed by atoms with E-state index in [0.717, 1.165) is 21.3 Å². The first kappa shape index (κ1) is 18.5. The van der Waals surface area contributed by atoms with Crippen molar-refractivity contribution in [2.45, 2.75) is 18.7 Å². The van der Waals surface area contributed by atoms with Gasteiger partial charge in [0.05, 0.1) is 10.3 Å². The molecular weight excluding hydrogens is 392 g/mol. The maximum Gasteiger partial charge on any atom is 0.238 e. The summed E-state index contributed by atoms with van der Waals surface area (Å²) in [6, 6.07) is 12.6. The molecule has 4 rings (SSSR count). The quantitative estimate of drug-likeness (QED) is 0.521. The number of hydrogen-bond donors (Lipinski definition) is 2. The van der Waals surface area contributed by atoms with E-state index in [2.05, 4.69) is 52.7 Å². The third-order valence-corrected chi connectivity index (χ3v) is 6.30. The molecule has 0 amide bonds. The first-order valence-corrected chi connectivity index (χ1v) is 11.0. The average molecular weight is 411 g/mol. The topological polar surface area (TPSA) is 98.0 Å². The number of thiophene rings is 1. The Bertz CT molecular complexity index is 1280. The zero-order valence-electron chi connectivity index (χ0n) is 15.3. The molecule has 0 fully saturated rings. The van der Waals surface area contributed by atoms with Gasteiger partial charge in [-0.25, -0.2) is 23.5 Å². The van der Waals surface area contributed by atoms with Crippen LogP contribution in [0.3, 0.4) is 0 Å². The maximum absolute atomic E-state index is 11.4. The highest BCUT2D eigenvalue weighted by Gasteiger charge is 2.15. The maximum atomic E-state index is 11.4. The van der Waals surface area contributed by atoms with Gasteiger partial charge < -0.3 is 5.32 Å². The second-order valence-electron chi connectivity index (χ2n) is 6.56. The van der Waals surface area contributed by atoms with E-state index in [1.165, 1.54) is 29.6 Å². The molecule has 0 spiro atoms. The van der Waals surface area contributed by atoms with E-state index in [0.29, 0.717) is 11.5 Å². The largest absolute Gasteiger partial charge is 0.340 e. The summed E-state index contributed by atoms with van der Waals surface area (Å²) < 4.78 is 22.9.